The van der Waals surface area contributed by atoms with Gasteiger partial charge in [-0.05, 0) is 69.9 Å². The third kappa shape index (κ3) is 7.44. The van der Waals surface area contributed by atoms with Crippen LogP contribution in [0.3, 0.4) is 0 Å². The van der Waals surface area contributed by atoms with Crippen molar-refractivity contribution in [1.82, 2.24) is 5.48 Å². The lowest BCUT2D eigenvalue weighted by Crippen LogP contribution is -2.41. The van der Waals surface area contributed by atoms with Crippen LogP contribution in [-0.4, -0.2) is 44.1 Å². The summed E-state index contributed by atoms with van der Waals surface area (Å²) in [6, 6.07) is 15.2. The Kier molecular flexibility index (Phi) is 9.36. The van der Waals surface area contributed by atoms with Gasteiger partial charge >= 0.3 is 7.12 Å². The first-order valence-corrected chi connectivity index (χ1v) is 12.8. The van der Waals surface area contributed by atoms with Crippen LogP contribution in [-0.2, 0) is 25.5 Å². The Balaban J connectivity index is 1.45. The molecule has 2 aromatic carbocycles. The number of anilines is 1. The van der Waals surface area contributed by atoms with Crippen molar-refractivity contribution in [1.29, 1.82) is 0 Å². The molecule has 38 heavy (non-hydrogen) atoms. The van der Waals surface area contributed by atoms with Crippen molar-refractivity contribution < 1.29 is 23.7 Å². The molecule has 1 fully saturated rings. The van der Waals surface area contributed by atoms with Crippen LogP contribution < -0.4 is 15.8 Å². The summed E-state index contributed by atoms with van der Waals surface area (Å²) in [5.41, 5.74) is 5.97. The first-order chi connectivity index (χ1) is 17.8. The molecule has 8 heteroatoms. The third-order valence-corrected chi connectivity index (χ3v) is 7.01. The van der Waals surface area contributed by atoms with E-state index in [2.05, 4.69) is 5.48 Å². The van der Waals surface area contributed by atoms with E-state index in [1.807, 2.05) is 115 Å². The van der Waals surface area contributed by atoms with Gasteiger partial charge in [0, 0.05) is 37.3 Å². The van der Waals surface area contributed by atoms with Gasteiger partial charge in [-0.15, -0.1) is 0 Å². The topological polar surface area (TPSA) is 77.1 Å². The fourth-order valence-corrected chi connectivity index (χ4v) is 3.89. The number of hydrogen-bond donors (Lipinski definition) is 1. The number of amides is 1. The fraction of sp³-hybridized carbons (Fsp3) is 0.400. The van der Waals surface area contributed by atoms with Crippen molar-refractivity contribution in [2.45, 2.75) is 59.4 Å². The molecule has 0 unspecified atom stereocenters. The molecule has 0 aromatic heterocycles. The Morgan fingerprint density at radius 2 is 1.55 bits per heavy atom. The van der Waals surface area contributed by atoms with E-state index in [9.17, 15) is 9.59 Å². The van der Waals surface area contributed by atoms with E-state index in [1.165, 1.54) is 6.08 Å². The number of ketones is 1. The molecule has 0 spiro atoms. The molecule has 1 saturated heterocycles. The number of hydroxylamine groups is 1. The number of benzene rings is 2. The van der Waals surface area contributed by atoms with Crippen molar-refractivity contribution in [3.8, 4) is 0 Å². The molecule has 1 amide bonds. The minimum absolute atomic E-state index is 0.0281. The standard InChI is InChI=1S/C30H39BN2O5/c1-21(19-22(2)28(35)24-12-16-26(17-13-24)33(7)8)9-18-27(34)32-36-20-23-10-14-25(15-11-23)31-37-29(3,4)30(5,6)38-31/h9-19,22H,20H2,1-8H3,(H,32,34)/b18-9+,21-19+/t22-/m1/s1. The summed E-state index contributed by atoms with van der Waals surface area (Å²) in [5.74, 6) is -0.672. The van der Waals surface area contributed by atoms with Crippen LogP contribution in [0.5, 0.6) is 0 Å². The largest absolute Gasteiger partial charge is 0.494 e. The predicted molar refractivity (Wildman–Crippen MR) is 152 cm³/mol. The van der Waals surface area contributed by atoms with Crippen molar-refractivity contribution >= 4 is 30.0 Å². The summed E-state index contributed by atoms with van der Waals surface area (Å²) >= 11 is 0. The van der Waals surface area contributed by atoms with Crippen molar-refractivity contribution in [2.24, 2.45) is 5.92 Å². The van der Waals surface area contributed by atoms with E-state index in [0.29, 0.717) is 5.56 Å². The Labute approximate surface area is 226 Å². The number of nitrogens with zero attached hydrogens (tertiary/aromatic N) is 1. The smallest absolute Gasteiger partial charge is 0.399 e. The molecule has 1 atom stereocenters. The van der Waals surface area contributed by atoms with E-state index < -0.39 is 18.3 Å². The van der Waals surface area contributed by atoms with Gasteiger partial charge in [-0.2, -0.15) is 0 Å². The lowest BCUT2D eigenvalue weighted by atomic mass is 9.79. The van der Waals surface area contributed by atoms with Gasteiger partial charge in [0.05, 0.1) is 17.8 Å². The van der Waals surface area contributed by atoms with Gasteiger partial charge < -0.3 is 14.2 Å². The van der Waals surface area contributed by atoms with Gasteiger partial charge in [0.1, 0.15) is 0 Å². The number of carbonyl (C=O) groups is 2. The number of carbonyl (C=O) groups excluding carboxylic acids is 2. The van der Waals surface area contributed by atoms with Crippen molar-refractivity contribution in [3.63, 3.8) is 0 Å². The number of allylic oxidation sites excluding steroid dienone is 3. The maximum atomic E-state index is 12.7. The predicted octanol–water partition coefficient (Wildman–Crippen LogP) is 4.62. The molecular formula is C30H39BN2O5. The summed E-state index contributed by atoms with van der Waals surface area (Å²) in [6.45, 7) is 12.0. The molecule has 2 aromatic rings. The zero-order valence-electron chi connectivity index (χ0n) is 23.7. The molecule has 0 aliphatic carbocycles. The number of hydrogen-bond acceptors (Lipinski definition) is 6. The Morgan fingerprint density at radius 3 is 2.11 bits per heavy atom. The summed E-state index contributed by atoms with van der Waals surface area (Å²) < 4.78 is 12.2. The maximum Gasteiger partial charge on any atom is 0.494 e. The molecule has 0 saturated carbocycles. The fourth-order valence-electron chi connectivity index (χ4n) is 3.89. The van der Waals surface area contributed by atoms with Gasteiger partial charge in [0.15, 0.2) is 5.78 Å². The first kappa shape index (κ1) is 29.4. The lowest BCUT2D eigenvalue weighted by molar-refractivity contribution is -0.129. The van der Waals surface area contributed by atoms with Crippen LogP contribution in [0, 0.1) is 5.92 Å². The molecule has 0 radical (unpaired) electrons. The minimum Gasteiger partial charge on any atom is -0.399 e. The zero-order valence-corrected chi connectivity index (χ0v) is 23.7. The average molecular weight is 518 g/mol. The SMILES string of the molecule is CC(/C=C/C(=O)NOCc1ccc(B2OC(C)(C)C(C)(C)O2)cc1)=C\[C@@H](C)C(=O)c1ccc(N(C)C)cc1. The Bertz CT molecular complexity index is 1170. The van der Waals surface area contributed by atoms with Crippen LogP contribution in [0.1, 0.15) is 57.5 Å². The lowest BCUT2D eigenvalue weighted by Gasteiger charge is -2.32. The molecule has 0 bridgehead atoms. The van der Waals surface area contributed by atoms with E-state index >= 15 is 0 Å². The molecule has 1 aliphatic rings. The van der Waals surface area contributed by atoms with E-state index in [4.69, 9.17) is 14.1 Å². The number of nitrogens with one attached hydrogen (secondary N) is 1. The summed E-state index contributed by atoms with van der Waals surface area (Å²) in [7, 11) is 3.50. The molecule has 202 valence electrons. The number of rotatable bonds is 10. The summed E-state index contributed by atoms with van der Waals surface area (Å²) in [6.07, 6.45) is 4.89. The average Bonchev–Trinajstić information content (AvgIpc) is 3.09. The van der Waals surface area contributed by atoms with Crippen LogP contribution in [0.15, 0.2) is 72.3 Å². The van der Waals surface area contributed by atoms with Gasteiger partial charge in [0.2, 0.25) is 0 Å². The highest BCUT2D eigenvalue weighted by Crippen LogP contribution is 2.36. The van der Waals surface area contributed by atoms with Crippen molar-refractivity contribution in [3.05, 3.63) is 83.5 Å². The molecule has 1 heterocycles. The first-order valence-electron chi connectivity index (χ1n) is 12.8. The second-order valence-corrected chi connectivity index (χ2v) is 10.9. The summed E-state index contributed by atoms with van der Waals surface area (Å²) in [4.78, 5) is 32.2. The zero-order chi connectivity index (χ0) is 28.1. The van der Waals surface area contributed by atoms with Gasteiger partial charge in [-0.1, -0.05) is 48.9 Å². The highest BCUT2D eigenvalue weighted by atomic mass is 16.7. The summed E-state index contributed by atoms with van der Waals surface area (Å²) in [5, 5.41) is 0. The quantitative estimate of drug-likeness (QED) is 0.163. The second kappa shape index (κ2) is 12.1. The van der Waals surface area contributed by atoms with E-state index in [0.717, 1.165) is 22.3 Å². The number of Topliss-reactive ketones (excluding diaryl/α,β-unsaturated/α-hetero) is 1. The maximum absolute atomic E-state index is 12.7. The molecule has 3 rings (SSSR count). The van der Waals surface area contributed by atoms with Gasteiger partial charge in [-0.3, -0.25) is 14.4 Å². The Morgan fingerprint density at radius 1 is 0.974 bits per heavy atom. The van der Waals surface area contributed by atoms with Crippen LogP contribution in [0.25, 0.3) is 0 Å². The van der Waals surface area contributed by atoms with Gasteiger partial charge in [0.25, 0.3) is 5.91 Å². The minimum atomic E-state index is -0.419. The van der Waals surface area contributed by atoms with E-state index in [1.54, 1.807) is 6.08 Å². The molecule has 7 nitrogen and oxygen atoms in total. The highest BCUT2D eigenvalue weighted by Gasteiger charge is 2.51. The van der Waals surface area contributed by atoms with Crippen LogP contribution in [0.4, 0.5) is 5.69 Å². The molecular weight excluding hydrogens is 479 g/mol. The van der Waals surface area contributed by atoms with Gasteiger partial charge in [-0.25, -0.2) is 5.48 Å². The highest BCUT2D eigenvalue weighted by molar-refractivity contribution is 6.62. The third-order valence-electron chi connectivity index (χ3n) is 7.01. The second-order valence-electron chi connectivity index (χ2n) is 10.9. The molecule has 1 N–H and O–H groups in total. The monoisotopic (exact) mass is 518 g/mol. The normalized spacial score (nSPS) is 17.5. The van der Waals surface area contributed by atoms with Crippen LogP contribution >= 0.6 is 0 Å². The van der Waals surface area contributed by atoms with Crippen molar-refractivity contribution in [2.75, 3.05) is 19.0 Å². The van der Waals surface area contributed by atoms with E-state index in [-0.39, 0.29) is 24.2 Å². The van der Waals surface area contributed by atoms with Crippen LogP contribution in [0.2, 0.25) is 0 Å². The molecule has 1 aliphatic heterocycles. The Hall–Kier alpha value is -3.20.